The van der Waals surface area contributed by atoms with Crippen molar-refractivity contribution in [1.82, 2.24) is 19.5 Å². The summed E-state index contributed by atoms with van der Waals surface area (Å²) in [4.78, 5) is 38.3. The third-order valence-electron chi connectivity index (χ3n) is 5.94. The Morgan fingerprint density at radius 1 is 0.925 bits per heavy atom. The van der Waals surface area contributed by atoms with E-state index in [9.17, 15) is 14.0 Å². The smallest absolute Gasteiger partial charge is 0.268 e. The average molecular weight is 546 g/mol. The van der Waals surface area contributed by atoms with Crippen LogP contribution in [-0.4, -0.2) is 39.6 Å². The molecule has 0 saturated carbocycles. The molecule has 1 amide bonds. The first-order valence-corrected chi connectivity index (χ1v) is 11.8. The van der Waals surface area contributed by atoms with Crippen molar-refractivity contribution >= 4 is 22.6 Å². The molecular weight excluding hydrogens is 524 g/mol. The van der Waals surface area contributed by atoms with Crippen molar-refractivity contribution in [2.24, 2.45) is 0 Å². The number of pyridine rings is 4. The van der Waals surface area contributed by atoms with E-state index in [0.29, 0.717) is 22.5 Å². The molecule has 0 spiro atoms. The lowest BCUT2D eigenvalue weighted by atomic mass is 10.2. The summed E-state index contributed by atoms with van der Waals surface area (Å²) in [5.74, 6) is -1.67. The molecule has 4 heterocycles. The monoisotopic (exact) mass is 545 g/mol. The third-order valence-corrected chi connectivity index (χ3v) is 5.94. The Kier molecular flexibility index (Phi) is 7.06. The fourth-order valence-electron chi connectivity index (χ4n) is 4.02. The van der Waals surface area contributed by atoms with Crippen LogP contribution in [0.25, 0.3) is 16.7 Å². The molecule has 10 nitrogen and oxygen atoms in total. The van der Waals surface area contributed by atoms with Crippen molar-refractivity contribution in [3.05, 3.63) is 100 Å². The molecule has 0 bridgehead atoms. The number of aromatic nitrogens is 4. The molecule has 0 aliphatic heterocycles. The number of hydrogen-bond donors (Lipinski definition) is 1. The van der Waals surface area contributed by atoms with Crippen LogP contribution < -0.4 is 25.1 Å². The van der Waals surface area contributed by atoms with Crippen LogP contribution in [0, 0.1) is 18.6 Å². The molecule has 0 saturated heterocycles. The van der Waals surface area contributed by atoms with E-state index in [1.165, 1.54) is 63.0 Å². The first kappa shape index (κ1) is 26.2. The van der Waals surface area contributed by atoms with Gasteiger partial charge in [-0.2, -0.15) is 0 Å². The Balaban J connectivity index is 1.41. The predicted octanol–water partition coefficient (Wildman–Crippen LogP) is 4.82. The molecule has 4 aromatic heterocycles. The molecule has 1 aromatic carbocycles. The summed E-state index contributed by atoms with van der Waals surface area (Å²) in [7, 11) is 2.90. The van der Waals surface area contributed by atoms with Gasteiger partial charge in [-0.1, -0.05) is 0 Å². The molecule has 202 valence electrons. The number of anilines is 1. The number of hydrogen-bond acceptors (Lipinski definition) is 8. The van der Waals surface area contributed by atoms with E-state index < -0.39 is 23.1 Å². The van der Waals surface area contributed by atoms with Gasteiger partial charge in [0.15, 0.2) is 28.9 Å². The van der Waals surface area contributed by atoms with Gasteiger partial charge in [-0.25, -0.2) is 13.8 Å². The van der Waals surface area contributed by atoms with Crippen molar-refractivity contribution in [2.75, 3.05) is 19.5 Å². The van der Waals surface area contributed by atoms with Crippen LogP contribution in [-0.2, 0) is 0 Å². The van der Waals surface area contributed by atoms with Gasteiger partial charge in [0.2, 0.25) is 0 Å². The van der Waals surface area contributed by atoms with Crippen molar-refractivity contribution in [3.63, 3.8) is 0 Å². The number of carbonyl (C=O) groups is 1. The molecule has 1 N–H and O–H groups in total. The number of halogens is 2. The first-order valence-electron chi connectivity index (χ1n) is 11.8. The maximum atomic E-state index is 15.0. The molecular formula is C28H21F2N5O5. The van der Waals surface area contributed by atoms with Crippen LogP contribution in [0.1, 0.15) is 16.1 Å². The summed E-state index contributed by atoms with van der Waals surface area (Å²) in [6, 6.07) is 11.1. The predicted molar refractivity (Wildman–Crippen MR) is 142 cm³/mol. The van der Waals surface area contributed by atoms with Crippen LogP contribution in [0.4, 0.5) is 14.5 Å². The minimum atomic E-state index is -0.799. The van der Waals surface area contributed by atoms with E-state index >= 15 is 4.39 Å². The second-order valence-electron chi connectivity index (χ2n) is 8.43. The number of carbonyl (C=O) groups excluding carboxylic acids is 1. The quantitative estimate of drug-likeness (QED) is 0.309. The highest BCUT2D eigenvalue weighted by Crippen LogP contribution is 2.35. The second kappa shape index (κ2) is 10.8. The van der Waals surface area contributed by atoms with Gasteiger partial charge in [0.1, 0.15) is 11.1 Å². The van der Waals surface area contributed by atoms with Crippen molar-refractivity contribution in [2.45, 2.75) is 6.92 Å². The molecule has 0 fully saturated rings. The van der Waals surface area contributed by atoms with Crippen molar-refractivity contribution in [1.29, 1.82) is 0 Å². The Hall–Kier alpha value is -5.39. The summed E-state index contributed by atoms with van der Waals surface area (Å²) in [5, 5.41) is 2.49. The summed E-state index contributed by atoms with van der Waals surface area (Å²) in [5.41, 5.74) is 0.185. The zero-order valence-corrected chi connectivity index (χ0v) is 21.4. The lowest BCUT2D eigenvalue weighted by molar-refractivity contribution is 0.102. The maximum absolute atomic E-state index is 15.0. The van der Waals surface area contributed by atoms with Crippen LogP contribution in [0.15, 0.2) is 71.9 Å². The van der Waals surface area contributed by atoms with E-state index in [2.05, 4.69) is 20.3 Å². The first-order chi connectivity index (χ1) is 19.3. The van der Waals surface area contributed by atoms with E-state index in [4.69, 9.17) is 14.2 Å². The number of benzene rings is 1. The second-order valence-corrected chi connectivity index (χ2v) is 8.43. The van der Waals surface area contributed by atoms with Crippen LogP contribution >= 0.6 is 0 Å². The van der Waals surface area contributed by atoms with Gasteiger partial charge in [0, 0.05) is 42.0 Å². The van der Waals surface area contributed by atoms with Crippen molar-refractivity contribution in [3.8, 4) is 28.8 Å². The molecule has 0 unspecified atom stereocenters. The summed E-state index contributed by atoms with van der Waals surface area (Å²) in [6.07, 6.45) is 3.78. The van der Waals surface area contributed by atoms with Gasteiger partial charge in [-0.05, 0) is 37.3 Å². The minimum absolute atomic E-state index is 0.0473. The number of rotatable bonds is 7. The fraction of sp³-hybridized carbons (Fsp3) is 0.107. The highest BCUT2D eigenvalue weighted by molar-refractivity contribution is 6.04. The molecule has 0 aliphatic carbocycles. The molecule has 0 aliphatic rings. The van der Waals surface area contributed by atoms with E-state index in [1.54, 1.807) is 13.0 Å². The average Bonchev–Trinajstić information content (AvgIpc) is 2.94. The number of nitrogens with one attached hydrogen (secondary N) is 1. The van der Waals surface area contributed by atoms with Crippen LogP contribution in [0.5, 0.6) is 23.1 Å². The van der Waals surface area contributed by atoms with E-state index in [-0.39, 0.29) is 34.3 Å². The van der Waals surface area contributed by atoms with E-state index in [1.807, 2.05) is 0 Å². The third kappa shape index (κ3) is 4.89. The Morgan fingerprint density at radius 3 is 2.48 bits per heavy atom. The molecule has 0 radical (unpaired) electrons. The molecule has 5 aromatic rings. The van der Waals surface area contributed by atoms with Gasteiger partial charge < -0.3 is 19.5 Å². The number of nitrogens with zero attached hydrogens (tertiary/aromatic N) is 4. The zero-order valence-electron chi connectivity index (χ0n) is 21.4. The summed E-state index contributed by atoms with van der Waals surface area (Å²) >= 11 is 0. The van der Waals surface area contributed by atoms with Crippen molar-refractivity contribution < 1.29 is 27.8 Å². The SMILES string of the molecule is COc1cc2nccc(Oc3ccc(NC(=O)c4ccc(C)n(-c5ccncc5F)c4=O)cc3F)c2nc1OC. The highest BCUT2D eigenvalue weighted by atomic mass is 19.1. The minimum Gasteiger partial charge on any atom is -0.491 e. The molecule has 0 atom stereocenters. The normalized spacial score (nSPS) is 10.8. The van der Waals surface area contributed by atoms with Crippen LogP contribution in [0.2, 0.25) is 0 Å². The lowest BCUT2D eigenvalue weighted by Gasteiger charge is -2.13. The number of aryl methyl sites for hydroxylation is 1. The molecule has 40 heavy (non-hydrogen) atoms. The lowest BCUT2D eigenvalue weighted by Crippen LogP contribution is -2.30. The number of fused-ring (bicyclic) bond motifs is 1. The number of methoxy groups -OCH3 is 2. The van der Waals surface area contributed by atoms with E-state index in [0.717, 1.165) is 16.8 Å². The Bertz CT molecular complexity index is 1830. The Morgan fingerprint density at radius 2 is 1.75 bits per heavy atom. The summed E-state index contributed by atoms with van der Waals surface area (Å²) in [6.45, 7) is 1.60. The van der Waals surface area contributed by atoms with Gasteiger partial charge in [-0.15, -0.1) is 0 Å². The highest BCUT2D eigenvalue weighted by Gasteiger charge is 2.19. The maximum Gasteiger partial charge on any atom is 0.268 e. The van der Waals surface area contributed by atoms with Gasteiger partial charge in [0.25, 0.3) is 17.3 Å². The van der Waals surface area contributed by atoms with Crippen LogP contribution in [0.3, 0.4) is 0 Å². The zero-order chi connectivity index (χ0) is 28.4. The van der Waals surface area contributed by atoms with Gasteiger partial charge in [0.05, 0.1) is 31.6 Å². The topological polar surface area (TPSA) is 117 Å². The fourth-order valence-corrected chi connectivity index (χ4v) is 4.02. The standard InChI is InChI=1S/C28H21F2N5O5/c1-15-4-6-17(28(37)35(15)21-8-10-31-14-19(21)30)26(36)33-16-5-7-22(18(29)12-16)40-23-9-11-32-20-13-24(38-2)27(39-3)34-25(20)23/h4-14H,1-3H3,(H,33,36). The molecule has 5 rings (SSSR count). The van der Waals surface area contributed by atoms with Gasteiger partial charge in [-0.3, -0.25) is 24.1 Å². The number of ether oxygens (including phenoxy) is 3. The van der Waals surface area contributed by atoms with Gasteiger partial charge >= 0.3 is 0 Å². The Labute approximate surface area is 225 Å². The largest absolute Gasteiger partial charge is 0.491 e. The molecule has 12 heteroatoms. The summed E-state index contributed by atoms with van der Waals surface area (Å²) < 4.78 is 46.7. The number of amides is 1.